The highest BCUT2D eigenvalue weighted by Gasteiger charge is 2.16. The maximum absolute atomic E-state index is 5.73. The first-order valence-electron chi connectivity index (χ1n) is 7.59. The van der Waals surface area contributed by atoms with Crippen molar-refractivity contribution >= 4 is 23.1 Å². The van der Waals surface area contributed by atoms with Gasteiger partial charge in [-0.25, -0.2) is 9.97 Å². The first-order valence-corrected chi connectivity index (χ1v) is 9.40. The van der Waals surface area contributed by atoms with E-state index in [0.717, 1.165) is 26.8 Å². The van der Waals surface area contributed by atoms with E-state index in [1.807, 2.05) is 44.2 Å². The largest absolute Gasteiger partial charge is 0.444 e. The molecule has 0 bridgehead atoms. The lowest BCUT2D eigenvalue weighted by atomic mass is 10.2. The second-order valence-corrected chi connectivity index (χ2v) is 7.45. The molecule has 0 spiro atoms. The molecule has 0 radical (unpaired) electrons. The minimum Gasteiger partial charge on any atom is -0.444 e. The Kier molecular flexibility index (Phi) is 4.37. The Hall–Kier alpha value is -2.45. The molecule has 0 N–H and O–H groups in total. The van der Waals surface area contributed by atoms with Crippen LogP contribution in [-0.2, 0) is 5.75 Å². The summed E-state index contributed by atoms with van der Waals surface area (Å²) in [4.78, 5) is 9.80. The van der Waals surface area contributed by atoms with Gasteiger partial charge in [0, 0.05) is 11.3 Å². The van der Waals surface area contributed by atoms with Crippen molar-refractivity contribution in [3.05, 3.63) is 53.0 Å². The molecule has 0 amide bonds. The Bertz CT molecular complexity index is 991. The van der Waals surface area contributed by atoms with Crippen LogP contribution in [0.3, 0.4) is 0 Å². The quantitative estimate of drug-likeness (QED) is 0.469. The third-order valence-electron chi connectivity index (χ3n) is 3.42. The van der Waals surface area contributed by atoms with Crippen LogP contribution < -0.4 is 0 Å². The fourth-order valence-electron chi connectivity index (χ4n) is 2.31. The summed E-state index contributed by atoms with van der Waals surface area (Å²) in [7, 11) is 0. The Labute approximate surface area is 152 Å². The first-order chi connectivity index (χ1) is 12.2. The van der Waals surface area contributed by atoms with E-state index in [1.165, 1.54) is 11.8 Å². The molecule has 8 heteroatoms. The Morgan fingerprint density at radius 1 is 1.04 bits per heavy atom. The van der Waals surface area contributed by atoms with Crippen molar-refractivity contribution in [3.8, 4) is 22.2 Å². The maximum atomic E-state index is 5.73. The van der Waals surface area contributed by atoms with Crippen LogP contribution >= 0.6 is 23.1 Å². The Morgan fingerprint density at radius 3 is 2.64 bits per heavy atom. The van der Waals surface area contributed by atoms with Crippen LogP contribution in [0.4, 0.5) is 0 Å². The Balaban J connectivity index is 1.44. The SMILES string of the molecule is Cc1nc(C)c(-c2nnc(SCc3coc(-c4ccccc4)n3)o2)s1. The lowest BCUT2D eigenvalue weighted by Gasteiger charge is -1.93. The predicted octanol–water partition coefficient (Wildman–Crippen LogP) is 4.76. The van der Waals surface area contributed by atoms with Crippen LogP contribution in [0.5, 0.6) is 0 Å². The smallest absolute Gasteiger partial charge is 0.277 e. The summed E-state index contributed by atoms with van der Waals surface area (Å²) in [5.74, 6) is 1.72. The average Bonchev–Trinajstić information content (AvgIpc) is 3.33. The molecule has 0 fully saturated rings. The zero-order valence-electron chi connectivity index (χ0n) is 13.6. The molecule has 25 heavy (non-hydrogen) atoms. The van der Waals surface area contributed by atoms with Crippen LogP contribution in [0, 0.1) is 13.8 Å². The molecule has 0 aliphatic heterocycles. The van der Waals surface area contributed by atoms with E-state index in [9.17, 15) is 0 Å². The highest BCUT2D eigenvalue weighted by Crippen LogP contribution is 2.31. The topological polar surface area (TPSA) is 77.8 Å². The highest BCUT2D eigenvalue weighted by molar-refractivity contribution is 7.98. The first kappa shape index (κ1) is 16.0. The fourth-order valence-corrected chi connectivity index (χ4v) is 3.79. The maximum Gasteiger partial charge on any atom is 0.277 e. The summed E-state index contributed by atoms with van der Waals surface area (Å²) in [6, 6.07) is 9.80. The minimum absolute atomic E-state index is 0.504. The summed E-state index contributed by atoms with van der Waals surface area (Å²) in [5.41, 5.74) is 2.69. The van der Waals surface area contributed by atoms with Gasteiger partial charge in [-0.3, -0.25) is 0 Å². The van der Waals surface area contributed by atoms with E-state index >= 15 is 0 Å². The van der Waals surface area contributed by atoms with Crippen LogP contribution in [-0.4, -0.2) is 20.2 Å². The number of oxazole rings is 1. The lowest BCUT2D eigenvalue weighted by Crippen LogP contribution is -1.82. The number of benzene rings is 1. The molecule has 4 aromatic rings. The van der Waals surface area contributed by atoms with Crippen LogP contribution in [0.2, 0.25) is 0 Å². The summed E-state index contributed by atoms with van der Waals surface area (Å²) < 4.78 is 11.3. The van der Waals surface area contributed by atoms with Crippen LogP contribution in [0.15, 0.2) is 50.7 Å². The molecule has 3 heterocycles. The lowest BCUT2D eigenvalue weighted by molar-refractivity contribution is 0.466. The summed E-state index contributed by atoms with van der Waals surface area (Å²) in [6.07, 6.45) is 1.66. The van der Waals surface area contributed by atoms with Crippen molar-refractivity contribution in [1.82, 2.24) is 20.2 Å². The number of rotatable bonds is 5. The average molecular weight is 370 g/mol. The van der Waals surface area contributed by atoms with Crippen LogP contribution in [0.25, 0.3) is 22.2 Å². The molecule has 126 valence electrons. The summed E-state index contributed by atoms with van der Waals surface area (Å²) >= 11 is 2.98. The van der Waals surface area contributed by atoms with Gasteiger partial charge in [-0.2, -0.15) is 0 Å². The molecule has 4 rings (SSSR count). The van der Waals surface area contributed by atoms with Gasteiger partial charge in [0.25, 0.3) is 11.1 Å². The van der Waals surface area contributed by atoms with Crippen molar-refractivity contribution < 1.29 is 8.83 Å². The van der Waals surface area contributed by atoms with Gasteiger partial charge in [0.15, 0.2) is 0 Å². The number of hydrogen-bond donors (Lipinski definition) is 0. The zero-order chi connectivity index (χ0) is 17.2. The van der Waals surface area contributed by atoms with Gasteiger partial charge in [0.2, 0.25) is 5.89 Å². The number of aromatic nitrogens is 4. The van der Waals surface area contributed by atoms with E-state index in [-0.39, 0.29) is 0 Å². The molecular weight excluding hydrogens is 356 g/mol. The molecule has 0 aliphatic rings. The van der Waals surface area contributed by atoms with Crippen molar-refractivity contribution in [1.29, 1.82) is 0 Å². The summed E-state index contributed by atoms with van der Waals surface area (Å²) in [5, 5.41) is 9.69. The molecule has 3 aromatic heterocycles. The molecular formula is C17H14N4O2S2. The number of nitrogens with zero attached hydrogens (tertiary/aromatic N) is 4. The van der Waals surface area contributed by atoms with E-state index in [1.54, 1.807) is 17.6 Å². The highest BCUT2D eigenvalue weighted by atomic mass is 32.2. The Morgan fingerprint density at radius 2 is 1.88 bits per heavy atom. The molecule has 0 saturated heterocycles. The molecule has 0 saturated carbocycles. The standard InChI is InChI=1S/C17H14N4O2S2/c1-10-14(25-11(2)18-10)16-20-21-17(23-16)24-9-13-8-22-15(19-13)12-6-4-3-5-7-12/h3-8H,9H2,1-2H3. The van der Waals surface area contributed by atoms with Gasteiger partial charge < -0.3 is 8.83 Å². The molecule has 0 aliphatic carbocycles. The monoisotopic (exact) mass is 370 g/mol. The second kappa shape index (κ2) is 6.81. The van der Waals surface area contributed by atoms with Gasteiger partial charge in [0.1, 0.15) is 11.1 Å². The van der Waals surface area contributed by atoms with Gasteiger partial charge >= 0.3 is 0 Å². The molecule has 0 unspecified atom stereocenters. The number of thioether (sulfide) groups is 1. The van der Waals surface area contributed by atoms with Crippen molar-refractivity contribution in [2.45, 2.75) is 24.8 Å². The van der Waals surface area contributed by atoms with Crippen molar-refractivity contribution in [3.63, 3.8) is 0 Å². The van der Waals surface area contributed by atoms with E-state index in [2.05, 4.69) is 20.2 Å². The van der Waals surface area contributed by atoms with E-state index in [4.69, 9.17) is 8.83 Å². The fraction of sp³-hybridized carbons (Fsp3) is 0.176. The van der Waals surface area contributed by atoms with Gasteiger partial charge in [0.05, 0.1) is 16.4 Å². The van der Waals surface area contributed by atoms with Gasteiger partial charge in [-0.1, -0.05) is 30.0 Å². The van der Waals surface area contributed by atoms with Gasteiger partial charge in [-0.15, -0.1) is 21.5 Å². The van der Waals surface area contributed by atoms with E-state index < -0.39 is 0 Å². The molecule has 0 atom stereocenters. The minimum atomic E-state index is 0.504. The van der Waals surface area contributed by atoms with Gasteiger partial charge in [-0.05, 0) is 26.0 Å². The molecule has 1 aromatic carbocycles. The van der Waals surface area contributed by atoms with Crippen molar-refractivity contribution in [2.75, 3.05) is 0 Å². The van der Waals surface area contributed by atoms with E-state index in [0.29, 0.717) is 22.8 Å². The third kappa shape index (κ3) is 3.49. The zero-order valence-corrected chi connectivity index (χ0v) is 15.2. The number of aryl methyl sites for hydroxylation is 2. The predicted molar refractivity (Wildman–Crippen MR) is 96.4 cm³/mol. The number of hydrogen-bond acceptors (Lipinski definition) is 8. The normalized spacial score (nSPS) is 11.1. The number of thiazole rings is 1. The van der Waals surface area contributed by atoms with Crippen molar-refractivity contribution in [2.24, 2.45) is 0 Å². The summed E-state index contributed by atoms with van der Waals surface area (Å²) in [6.45, 7) is 3.90. The second-order valence-electron chi connectivity index (χ2n) is 5.32. The van der Waals surface area contributed by atoms with Crippen LogP contribution in [0.1, 0.15) is 16.4 Å². The third-order valence-corrected chi connectivity index (χ3v) is 5.33. The molecule has 6 nitrogen and oxygen atoms in total.